The molecule has 3 aromatic rings. The smallest absolute Gasteiger partial charge is 0.127 e. The molecule has 2 aromatic carbocycles. The molecule has 0 saturated carbocycles. The molecule has 0 atom stereocenters. The first-order chi connectivity index (χ1) is 14.8. The van der Waals surface area contributed by atoms with Crippen LogP contribution in [0.3, 0.4) is 0 Å². The standard InChI is InChI=1S/C27H28N2O/c1-2-20-11-14-28-23(17-20)18-29-15-12-21(13-16-29)27-24-8-4-3-7-22(24)19-30-26-10-6-5-9-25(26)27/h3-11,14,17H,2,12-13,15-16,18-19H2,1H3. The Morgan fingerprint density at radius 1 is 0.933 bits per heavy atom. The van der Waals surface area contributed by atoms with Gasteiger partial charge in [-0.1, -0.05) is 55.0 Å². The van der Waals surface area contributed by atoms with E-state index in [1.54, 1.807) is 5.57 Å². The van der Waals surface area contributed by atoms with Gasteiger partial charge in [0.05, 0.1) is 5.69 Å². The second-order valence-corrected chi connectivity index (χ2v) is 8.21. The fourth-order valence-electron chi connectivity index (χ4n) is 4.67. The lowest BCUT2D eigenvalue weighted by atomic mass is 9.86. The van der Waals surface area contributed by atoms with Crippen LogP contribution in [0.5, 0.6) is 5.75 Å². The summed E-state index contributed by atoms with van der Waals surface area (Å²) in [5.41, 5.74) is 9.34. The first kappa shape index (κ1) is 19.1. The number of nitrogens with zero attached hydrogens (tertiary/aromatic N) is 2. The quantitative estimate of drug-likeness (QED) is 0.573. The topological polar surface area (TPSA) is 25.4 Å². The molecule has 0 radical (unpaired) electrons. The zero-order valence-electron chi connectivity index (χ0n) is 17.6. The van der Waals surface area contributed by atoms with Gasteiger partial charge in [0.15, 0.2) is 0 Å². The monoisotopic (exact) mass is 396 g/mol. The van der Waals surface area contributed by atoms with Crippen LogP contribution in [-0.4, -0.2) is 23.0 Å². The predicted octanol–water partition coefficient (Wildman–Crippen LogP) is 5.63. The Morgan fingerprint density at radius 2 is 1.70 bits per heavy atom. The van der Waals surface area contributed by atoms with Crippen LogP contribution in [0.15, 0.2) is 72.4 Å². The Balaban J connectivity index is 1.43. The maximum Gasteiger partial charge on any atom is 0.127 e. The van der Waals surface area contributed by atoms with Gasteiger partial charge in [-0.2, -0.15) is 0 Å². The number of likely N-dealkylation sites (tertiary alicyclic amines) is 1. The molecule has 1 aromatic heterocycles. The Hall–Kier alpha value is -2.91. The summed E-state index contributed by atoms with van der Waals surface area (Å²) in [7, 11) is 0. The van der Waals surface area contributed by atoms with E-state index < -0.39 is 0 Å². The molecule has 0 N–H and O–H groups in total. The molecule has 0 bridgehead atoms. The summed E-state index contributed by atoms with van der Waals surface area (Å²) in [6.45, 7) is 5.91. The normalized spacial score (nSPS) is 16.4. The van der Waals surface area contributed by atoms with Gasteiger partial charge >= 0.3 is 0 Å². The third-order valence-electron chi connectivity index (χ3n) is 6.31. The van der Waals surface area contributed by atoms with Crippen LogP contribution >= 0.6 is 0 Å². The number of benzene rings is 2. The van der Waals surface area contributed by atoms with Gasteiger partial charge in [-0.15, -0.1) is 0 Å². The molecular formula is C27H28N2O. The van der Waals surface area contributed by atoms with E-state index in [-0.39, 0.29) is 0 Å². The number of pyridine rings is 1. The van der Waals surface area contributed by atoms with E-state index in [1.807, 2.05) is 6.20 Å². The molecule has 3 heterocycles. The first-order valence-electron chi connectivity index (χ1n) is 11.0. The van der Waals surface area contributed by atoms with Crippen molar-refractivity contribution in [2.45, 2.75) is 39.3 Å². The van der Waals surface area contributed by atoms with E-state index in [9.17, 15) is 0 Å². The minimum Gasteiger partial charge on any atom is -0.488 e. The maximum absolute atomic E-state index is 6.17. The minimum atomic E-state index is 0.634. The average Bonchev–Trinajstić information content (AvgIpc) is 2.97. The summed E-state index contributed by atoms with van der Waals surface area (Å²) in [4.78, 5) is 7.13. The lowest BCUT2D eigenvalue weighted by Crippen LogP contribution is -2.31. The van der Waals surface area contributed by atoms with Crippen molar-refractivity contribution in [1.82, 2.24) is 9.88 Å². The van der Waals surface area contributed by atoms with Gasteiger partial charge in [-0.25, -0.2) is 0 Å². The van der Waals surface area contributed by atoms with Crippen LogP contribution in [-0.2, 0) is 19.6 Å². The van der Waals surface area contributed by atoms with Gasteiger partial charge in [0.2, 0.25) is 0 Å². The van der Waals surface area contributed by atoms with Gasteiger partial charge in [0.25, 0.3) is 0 Å². The molecule has 3 heteroatoms. The maximum atomic E-state index is 6.17. The highest BCUT2D eigenvalue weighted by molar-refractivity contribution is 5.87. The fourth-order valence-corrected chi connectivity index (χ4v) is 4.67. The average molecular weight is 397 g/mol. The highest BCUT2D eigenvalue weighted by Gasteiger charge is 2.24. The second kappa shape index (κ2) is 8.45. The highest BCUT2D eigenvalue weighted by atomic mass is 16.5. The van der Waals surface area contributed by atoms with Crippen LogP contribution in [0.2, 0.25) is 0 Å². The lowest BCUT2D eigenvalue weighted by Gasteiger charge is -2.30. The molecule has 30 heavy (non-hydrogen) atoms. The third kappa shape index (κ3) is 3.78. The van der Waals surface area contributed by atoms with Gasteiger partial charge < -0.3 is 4.74 Å². The van der Waals surface area contributed by atoms with Gasteiger partial charge in [0, 0.05) is 31.4 Å². The largest absolute Gasteiger partial charge is 0.488 e. The molecule has 2 aliphatic heterocycles. The third-order valence-corrected chi connectivity index (χ3v) is 6.31. The summed E-state index contributed by atoms with van der Waals surface area (Å²) in [5.74, 6) is 0.999. The van der Waals surface area contributed by atoms with Crippen molar-refractivity contribution in [1.29, 1.82) is 0 Å². The number of rotatable bonds is 3. The molecule has 152 valence electrons. The highest BCUT2D eigenvalue weighted by Crippen LogP contribution is 2.40. The van der Waals surface area contributed by atoms with Crippen molar-refractivity contribution < 1.29 is 4.74 Å². The van der Waals surface area contributed by atoms with Crippen molar-refractivity contribution in [3.8, 4) is 5.75 Å². The molecule has 1 saturated heterocycles. The van der Waals surface area contributed by atoms with Gasteiger partial charge in [-0.3, -0.25) is 9.88 Å². The number of hydrogen-bond acceptors (Lipinski definition) is 3. The van der Waals surface area contributed by atoms with Crippen molar-refractivity contribution in [3.63, 3.8) is 0 Å². The number of aromatic nitrogens is 1. The van der Waals surface area contributed by atoms with E-state index in [4.69, 9.17) is 4.74 Å². The molecule has 3 nitrogen and oxygen atoms in total. The molecule has 2 aliphatic rings. The van der Waals surface area contributed by atoms with E-state index >= 15 is 0 Å². The summed E-state index contributed by atoms with van der Waals surface area (Å²) in [6.07, 6.45) is 5.19. The molecule has 0 unspecified atom stereocenters. The van der Waals surface area contributed by atoms with Gasteiger partial charge in [-0.05, 0) is 59.7 Å². The van der Waals surface area contributed by atoms with Crippen LogP contribution in [0.25, 0.3) is 5.57 Å². The zero-order valence-corrected chi connectivity index (χ0v) is 17.6. The second-order valence-electron chi connectivity index (χ2n) is 8.21. The summed E-state index contributed by atoms with van der Waals surface area (Å²) >= 11 is 0. The number of aryl methyl sites for hydroxylation is 1. The van der Waals surface area contributed by atoms with Gasteiger partial charge in [0.1, 0.15) is 12.4 Å². The van der Waals surface area contributed by atoms with E-state index in [0.717, 1.165) is 44.6 Å². The predicted molar refractivity (Wildman–Crippen MR) is 121 cm³/mol. The van der Waals surface area contributed by atoms with E-state index in [2.05, 4.69) is 77.5 Å². The Morgan fingerprint density at radius 3 is 2.53 bits per heavy atom. The van der Waals surface area contributed by atoms with E-state index in [1.165, 1.54) is 33.5 Å². The number of ether oxygens (including phenoxy) is 1. The summed E-state index contributed by atoms with van der Waals surface area (Å²) in [5, 5.41) is 0. The van der Waals surface area contributed by atoms with Crippen LogP contribution in [0.1, 0.15) is 47.7 Å². The SMILES string of the molecule is CCc1ccnc(CN2CCC(=C3c4ccccc4COc4ccccc43)CC2)c1. The molecule has 0 aliphatic carbocycles. The van der Waals surface area contributed by atoms with Crippen molar-refractivity contribution in [3.05, 3.63) is 100 Å². The first-order valence-corrected chi connectivity index (χ1v) is 11.0. The lowest BCUT2D eigenvalue weighted by molar-refractivity contribution is 0.246. The fraction of sp³-hybridized carbons (Fsp3) is 0.296. The molecule has 1 fully saturated rings. The number of piperidine rings is 1. The Bertz CT molecular complexity index is 1030. The molecular weight excluding hydrogens is 368 g/mol. The summed E-state index contributed by atoms with van der Waals surface area (Å²) in [6, 6.07) is 21.6. The Kier molecular flexibility index (Phi) is 5.37. The molecule has 0 amide bonds. The number of para-hydroxylation sites is 1. The van der Waals surface area contributed by atoms with Crippen molar-refractivity contribution in [2.75, 3.05) is 13.1 Å². The van der Waals surface area contributed by atoms with Crippen LogP contribution in [0.4, 0.5) is 0 Å². The Labute approximate surface area is 179 Å². The summed E-state index contributed by atoms with van der Waals surface area (Å²) < 4.78 is 6.17. The van der Waals surface area contributed by atoms with Crippen LogP contribution in [0, 0.1) is 0 Å². The number of fused-ring (bicyclic) bond motifs is 2. The van der Waals surface area contributed by atoms with Crippen molar-refractivity contribution >= 4 is 5.57 Å². The molecule has 0 spiro atoms. The minimum absolute atomic E-state index is 0.634. The molecule has 5 rings (SSSR count). The number of hydrogen-bond donors (Lipinski definition) is 0. The van der Waals surface area contributed by atoms with Crippen LogP contribution < -0.4 is 4.74 Å². The van der Waals surface area contributed by atoms with E-state index in [0.29, 0.717) is 6.61 Å². The zero-order chi connectivity index (χ0) is 20.3. The van der Waals surface area contributed by atoms with Crippen molar-refractivity contribution in [2.24, 2.45) is 0 Å².